The van der Waals surface area contributed by atoms with Crippen LogP contribution in [0.5, 0.6) is 0 Å². The summed E-state index contributed by atoms with van der Waals surface area (Å²) in [6, 6.07) is 0. The second kappa shape index (κ2) is 5.50. The molecule has 2 fully saturated rings. The van der Waals surface area contributed by atoms with Gasteiger partial charge in [-0.15, -0.1) is 0 Å². The van der Waals surface area contributed by atoms with Gasteiger partial charge in [-0.05, 0) is 30.6 Å². The number of hydrogen-bond acceptors (Lipinski definition) is 2. The minimum absolute atomic E-state index is 0.347. The van der Waals surface area contributed by atoms with E-state index in [9.17, 15) is 0 Å². The SMILES string of the molecule is CC(CCO)CN1CC2(CCCCCC2)C1. The van der Waals surface area contributed by atoms with Crippen molar-refractivity contribution >= 4 is 0 Å². The van der Waals surface area contributed by atoms with Gasteiger partial charge in [0, 0.05) is 26.2 Å². The molecule has 0 amide bonds. The summed E-state index contributed by atoms with van der Waals surface area (Å²) in [6.07, 6.45) is 9.74. The van der Waals surface area contributed by atoms with E-state index in [1.807, 2.05) is 0 Å². The number of aliphatic hydroxyl groups is 1. The van der Waals surface area contributed by atoms with Gasteiger partial charge in [0.05, 0.1) is 0 Å². The largest absolute Gasteiger partial charge is 0.396 e. The van der Waals surface area contributed by atoms with Crippen LogP contribution in [0.15, 0.2) is 0 Å². The Balaban J connectivity index is 1.71. The second-order valence-corrected chi connectivity index (χ2v) is 6.20. The molecule has 1 aliphatic carbocycles. The van der Waals surface area contributed by atoms with E-state index < -0.39 is 0 Å². The lowest BCUT2D eigenvalue weighted by Crippen LogP contribution is -2.56. The molecule has 1 N–H and O–H groups in total. The molecule has 0 aromatic rings. The molecule has 0 bridgehead atoms. The van der Waals surface area contributed by atoms with Crippen molar-refractivity contribution in [2.24, 2.45) is 11.3 Å². The average molecular weight is 225 g/mol. The van der Waals surface area contributed by atoms with Crippen LogP contribution in [-0.4, -0.2) is 36.2 Å². The van der Waals surface area contributed by atoms with E-state index in [1.165, 1.54) is 58.2 Å². The van der Waals surface area contributed by atoms with Gasteiger partial charge in [0.15, 0.2) is 0 Å². The smallest absolute Gasteiger partial charge is 0.0434 e. The topological polar surface area (TPSA) is 23.5 Å². The van der Waals surface area contributed by atoms with Crippen molar-refractivity contribution in [3.63, 3.8) is 0 Å². The lowest BCUT2D eigenvalue weighted by molar-refractivity contribution is -0.0215. The van der Waals surface area contributed by atoms with Crippen LogP contribution in [0.2, 0.25) is 0 Å². The van der Waals surface area contributed by atoms with Gasteiger partial charge < -0.3 is 10.0 Å². The van der Waals surface area contributed by atoms with Gasteiger partial charge in [-0.2, -0.15) is 0 Å². The molecule has 1 aliphatic heterocycles. The van der Waals surface area contributed by atoms with Gasteiger partial charge in [0.1, 0.15) is 0 Å². The first-order chi connectivity index (χ1) is 7.74. The van der Waals surface area contributed by atoms with Crippen molar-refractivity contribution < 1.29 is 5.11 Å². The Morgan fingerprint density at radius 1 is 1.12 bits per heavy atom. The van der Waals surface area contributed by atoms with E-state index in [0.717, 1.165) is 6.42 Å². The van der Waals surface area contributed by atoms with Crippen molar-refractivity contribution in [2.45, 2.75) is 51.9 Å². The van der Waals surface area contributed by atoms with E-state index in [-0.39, 0.29) is 0 Å². The molecule has 1 atom stereocenters. The fourth-order valence-electron chi connectivity index (χ4n) is 3.58. The number of aliphatic hydroxyl groups excluding tert-OH is 1. The van der Waals surface area contributed by atoms with Crippen molar-refractivity contribution in [3.05, 3.63) is 0 Å². The lowest BCUT2D eigenvalue weighted by Gasteiger charge is -2.51. The highest BCUT2D eigenvalue weighted by Gasteiger charge is 2.42. The molecule has 0 aromatic heterocycles. The number of hydrogen-bond donors (Lipinski definition) is 1. The standard InChI is InChI=1S/C14H27NO/c1-13(6-9-16)10-15-11-14(12-15)7-4-2-3-5-8-14/h13,16H,2-12H2,1H3. The third-order valence-electron chi connectivity index (χ3n) is 4.47. The molecule has 0 aromatic carbocycles. The molecule has 1 heterocycles. The van der Waals surface area contributed by atoms with E-state index in [1.54, 1.807) is 0 Å². The van der Waals surface area contributed by atoms with Gasteiger partial charge in [0.25, 0.3) is 0 Å². The number of likely N-dealkylation sites (tertiary alicyclic amines) is 1. The number of nitrogens with zero attached hydrogens (tertiary/aromatic N) is 1. The first-order valence-electron chi connectivity index (χ1n) is 7.07. The van der Waals surface area contributed by atoms with Crippen molar-refractivity contribution in [2.75, 3.05) is 26.2 Å². The highest BCUT2D eigenvalue weighted by atomic mass is 16.3. The van der Waals surface area contributed by atoms with Crippen LogP contribution in [0.3, 0.4) is 0 Å². The maximum atomic E-state index is 8.90. The average Bonchev–Trinajstić information content (AvgIpc) is 2.43. The highest BCUT2D eigenvalue weighted by Crippen LogP contribution is 2.42. The summed E-state index contributed by atoms with van der Waals surface area (Å²) < 4.78 is 0. The van der Waals surface area contributed by atoms with Crippen LogP contribution in [-0.2, 0) is 0 Å². The molecular weight excluding hydrogens is 198 g/mol. The zero-order valence-electron chi connectivity index (χ0n) is 10.7. The first kappa shape index (κ1) is 12.4. The Kier molecular flexibility index (Phi) is 4.26. The lowest BCUT2D eigenvalue weighted by atomic mass is 9.73. The first-order valence-corrected chi connectivity index (χ1v) is 7.07. The van der Waals surface area contributed by atoms with Crippen molar-refractivity contribution in [1.29, 1.82) is 0 Å². The Morgan fingerprint density at radius 2 is 1.75 bits per heavy atom. The predicted octanol–water partition coefficient (Wildman–Crippen LogP) is 2.66. The minimum Gasteiger partial charge on any atom is -0.396 e. The van der Waals surface area contributed by atoms with Gasteiger partial charge in [-0.3, -0.25) is 0 Å². The minimum atomic E-state index is 0.347. The Hall–Kier alpha value is -0.0800. The molecular formula is C14H27NO. The molecule has 2 rings (SSSR count). The van der Waals surface area contributed by atoms with Crippen molar-refractivity contribution in [1.82, 2.24) is 4.90 Å². The van der Waals surface area contributed by atoms with Crippen LogP contribution in [0.1, 0.15) is 51.9 Å². The van der Waals surface area contributed by atoms with Gasteiger partial charge >= 0.3 is 0 Å². The van der Waals surface area contributed by atoms with Crippen molar-refractivity contribution in [3.8, 4) is 0 Å². The van der Waals surface area contributed by atoms with Crippen LogP contribution in [0.4, 0.5) is 0 Å². The molecule has 1 saturated heterocycles. The summed E-state index contributed by atoms with van der Waals surface area (Å²) in [5.41, 5.74) is 0.704. The highest BCUT2D eigenvalue weighted by molar-refractivity contribution is 4.95. The summed E-state index contributed by atoms with van der Waals surface area (Å²) in [5, 5.41) is 8.90. The molecule has 2 nitrogen and oxygen atoms in total. The Labute approximate surface area is 100 Å². The molecule has 0 radical (unpaired) electrons. The maximum Gasteiger partial charge on any atom is 0.0434 e. The molecule has 94 valence electrons. The van der Waals surface area contributed by atoms with Gasteiger partial charge in [-0.1, -0.05) is 32.6 Å². The van der Waals surface area contributed by atoms with E-state index in [2.05, 4.69) is 11.8 Å². The molecule has 16 heavy (non-hydrogen) atoms. The van der Waals surface area contributed by atoms with Crippen LogP contribution in [0.25, 0.3) is 0 Å². The van der Waals surface area contributed by atoms with E-state index >= 15 is 0 Å². The van der Waals surface area contributed by atoms with Crippen LogP contribution >= 0.6 is 0 Å². The zero-order chi connectivity index (χ0) is 11.4. The Morgan fingerprint density at radius 3 is 2.31 bits per heavy atom. The quantitative estimate of drug-likeness (QED) is 0.795. The van der Waals surface area contributed by atoms with E-state index in [0.29, 0.717) is 17.9 Å². The molecule has 1 saturated carbocycles. The predicted molar refractivity (Wildman–Crippen MR) is 67.4 cm³/mol. The summed E-state index contributed by atoms with van der Waals surface area (Å²) in [6.45, 7) is 6.47. The van der Waals surface area contributed by atoms with Gasteiger partial charge in [0.2, 0.25) is 0 Å². The summed E-state index contributed by atoms with van der Waals surface area (Å²) in [7, 11) is 0. The van der Waals surface area contributed by atoms with Crippen LogP contribution in [0, 0.1) is 11.3 Å². The fourth-order valence-corrected chi connectivity index (χ4v) is 3.58. The number of rotatable bonds is 4. The third kappa shape index (κ3) is 2.98. The third-order valence-corrected chi connectivity index (χ3v) is 4.47. The molecule has 2 aliphatic rings. The monoisotopic (exact) mass is 225 g/mol. The molecule has 1 unspecified atom stereocenters. The summed E-state index contributed by atoms with van der Waals surface area (Å²) in [5.74, 6) is 0.660. The molecule has 1 spiro atoms. The Bertz CT molecular complexity index is 201. The summed E-state index contributed by atoms with van der Waals surface area (Å²) in [4.78, 5) is 2.60. The van der Waals surface area contributed by atoms with Crippen LogP contribution < -0.4 is 0 Å². The second-order valence-electron chi connectivity index (χ2n) is 6.20. The maximum absolute atomic E-state index is 8.90. The van der Waals surface area contributed by atoms with Gasteiger partial charge in [-0.25, -0.2) is 0 Å². The molecule has 2 heteroatoms. The zero-order valence-corrected chi connectivity index (χ0v) is 10.7. The normalized spacial score (nSPS) is 27.4. The summed E-state index contributed by atoms with van der Waals surface area (Å²) >= 11 is 0. The fraction of sp³-hybridized carbons (Fsp3) is 1.00. The van der Waals surface area contributed by atoms with E-state index in [4.69, 9.17) is 5.11 Å².